The van der Waals surface area contributed by atoms with Crippen molar-refractivity contribution in [3.05, 3.63) is 23.0 Å². The second-order valence-electron chi connectivity index (χ2n) is 9.52. The van der Waals surface area contributed by atoms with Crippen LogP contribution in [0, 0.1) is 6.92 Å². The predicted molar refractivity (Wildman–Crippen MR) is 124 cm³/mol. The molecule has 2 bridgehead atoms. The first-order chi connectivity index (χ1) is 16.1. The number of hydrogen-bond donors (Lipinski definition) is 2. The van der Waals surface area contributed by atoms with Gasteiger partial charge < -0.3 is 10.2 Å². The van der Waals surface area contributed by atoms with Crippen molar-refractivity contribution in [3.63, 3.8) is 0 Å². The van der Waals surface area contributed by atoms with Crippen LogP contribution in [0.3, 0.4) is 0 Å². The molecule has 2 saturated heterocycles. The van der Waals surface area contributed by atoms with Crippen LogP contribution in [-0.4, -0.2) is 59.3 Å². The number of fused-ring (bicyclic) bond motifs is 3. The smallest absolute Gasteiger partial charge is 0.291 e. The molecule has 34 heavy (non-hydrogen) atoms. The summed E-state index contributed by atoms with van der Waals surface area (Å²) in [6.45, 7) is 5.15. The number of benzene rings is 1. The number of piperazine rings is 1. The number of nitrogens with one attached hydrogen (secondary N) is 2. The lowest BCUT2D eigenvalue weighted by Crippen LogP contribution is -2.44. The Morgan fingerprint density at radius 2 is 2.06 bits per heavy atom. The van der Waals surface area contributed by atoms with E-state index in [9.17, 15) is 17.2 Å². The number of aromatic nitrogens is 4. The van der Waals surface area contributed by atoms with Gasteiger partial charge in [0.05, 0.1) is 16.1 Å². The SMILES string of the molecule is Cc1nc(-c2nnc(C(F)F)s2)c2cc(S(=O)(=O)NC3(C)CC3)cc(N3C[C@H]4C[C@@H]3CN4)c2n1. The molecular weight excluding hydrogens is 484 g/mol. The monoisotopic (exact) mass is 507 g/mol. The maximum absolute atomic E-state index is 13.4. The first-order valence-electron chi connectivity index (χ1n) is 11.1. The molecular formula is C21H23F2N7O2S2. The number of halogens is 2. The molecule has 13 heteroatoms. The van der Waals surface area contributed by atoms with Crippen molar-refractivity contribution in [2.45, 2.75) is 62.1 Å². The number of alkyl halides is 2. The van der Waals surface area contributed by atoms with Gasteiger partial charge in [-0.05, 0) is 45.2 Å². The van der Waals surface area contributed by atoms with Gasteiger partial charge in [0.25, 0.3) is 6.43 Å². The summed E-state index contributed by atoms with van der Waals surface area (Å²) < 4.78 is 55.9. The van der Waals surface area contributed by atoms with Gasteiger partial charge in [-0.2, -0.15) is 0 Å². The largest absolute Gasteiger partial charge is 0.364 e. The average Bonchev–Trinajstić information content (AvgIpc) is 3.23. The summed E-state index contributed by atoms with van der Waals surface area (Å²) >= 11 is 0.750. The second-order valence-corrected chi connectivity index (χ2v) is 12.2. The number of rotatable bonds is 6. The van der Waals surface area contributed by atoms with Gasteiger partial charge in [-0.1, -0.05) is 11.3 Å². The van der Waals surface area contributed by atoms with Crippen LogP contribution in [0.1, 0.15) is 43.4 Å². The quantitative estimate of drug-likeness (QED) is 0.524. The molecule has 1 aliphatic carbocycles. The molecule has 2 atom stereocenters. The minimum Gasteiger partial charge on any atom is -0.364 e. The van der Waals surface area contributed by atoms with Crippen molar-refractivity contribution >= 4 is 38.0 Å². The lowest BCUT2D eigenvalue weighted by Gasteiger charge is -2.31. The fraction of sp³-hybridized carbons (Fsp3) is 0.524. The summed E-state index contributed by atoms with van der Waals surface area (Å²) in [6, 6.07) is 3.77. The van der Waals surface area contributed by atoms with Crippen LogP contribution >= 0.6 is 11.3 Å². The van der Waals surface area contributed by atoms with E-state index >= 15 is 0 Å². The highest BCUT2D eigenvalue weighted by molar-refractivity contribution is 7.89. The molecule has 0 unspecified atom stereocenters. The van der Waals surface area contributed by atoms with Crippen molar-refractivity contribution in [1.29, 1.82) is 0 Å². The molecule has 3 aromatic rings. The van der Waals surface area contributed by atoms with E-state index in [1.54, 1.807) is 13.0 Å². The lowest BCUT2D eigenvalue weighted by atomic mass is 10.1. The van der Waals surface area contributed by atoms with Crippen molar-refractivity contribution in [3.8, 4) is 10.7 Å². The van der Waals surface area contributed by atoms with E-state index in [1.165, 1.54) is 6.07 Å². The van der Waals surface area contributed by atoms with Gasteiger partial charge in [0.15, 0.2) is 10.0 Å². The Morgan fingerprint density at radius 3 is 2.68 bits per heavy atom. The van der Waals surface area contributed by atoms with Crippen molar-refractivity contribution < 1.29 is 17.2 Å². The number of nitrogens with zero attached hydrogens (tertiary/aromatic N) is 5. The highest BCUT2D eigenvalue weighted by Gasteiger charge is 2.42. The molecule has 2 N–H and O–H groups in total. The summed E-state index contributed by atoms with van der Waals surface area (Å²) in [7, 11) is -3.83. The number of anilines is 1. The van der Waals surface area contributed by atoms with Gasteiger partial charge in [0, 0.05) is 36.1 Å². The van der Waals surface area contributed by atoms with E-state index in [1.807, 2.05) is 6.92 Å². The standard InChI is InChI=1S/C21H23F2N7O2S2/c1-10-25-16-14(17(26-10)19-27-28-20(33-19)18(22)23)6-13(34(31,32)29-21(2)3-4-21)7-15(16)30-9-11-5-12(30)8-24-11/h6-7,11-12,18,24,29H,3-5,8-9H2,1-2H3/t11-,12-/m1/s1. The van der Waals surface area contributed by atoms with Crippen LogP contribution < -0.4 is 14.9 Å². The van der Waals surface area contributed by atoms with E-state index in [0.717, 1.165) is 43.7 Å². The van der Waals surface area contributed by atoms with Crippen LogP contribution in [0.25, 0.3) is 21.6 Å². The number of aryl methyl sites for hydroxylation is 1. The zero-order valence-electron chi connectivity index (χ0n) is 18.5. The van der Waals surface area contributed by atoms with Crippen molar-refractivity contribution in [2.75, 3.05) is 18.0 Å². The van der Waals surface area contributed by atoms with Gasteiger partial charge >= 0.3 is 0 Å². The van der Waals surface area contributed by atoms with Gasteiger partial charge in [0.1, 0.15) is 11.5 Å². The van der Waals surface area contributed by atoms with E-state index < -0.39 is 27.0 Å². The highest BCUT2D eigenvalue weighted by Crippen LogP contribution is 2.41. The molecule has 1 aromatic carbocycles. The topological polar surface area (TPSA) is 113 Å². The maximum atomic E-state index is 13.4. The molecule has 9 nitrogen and oxygen atoms in total. The summed E-state index contributed by atoms with van der Waals surface area (Å²) in [5.41, 5.74) is 1.16. The summed E-state index contributed by atoms with van der Waals surface area (Å²) in [4.78, 5) is 11.4. The molecule has 0 amide bonds. The van der Waals surface area contributed by atoms with Crippen LogP contribution in [0.2, 0.25) is 0 Å². The van der Waals surface area contributed by atoms with Crippen LogP contribution in [0.5, 0.6) is 0 Å². The number of sulfonamides is 1. The minimum atomic E-state index is -3.83. The van der Waals surface area contributed by atoms with Crippen LogP contribution in [-0.2, 0) is 10.0 Å². The van der Waals surface area contributed by atoms with Crippen molar-refractivity contribution in [2.24, 2.45) is 0 Å². The molecule has 180 valence electrons. The third-order valence-electron chi connectivity index (χ3n) is 6.75. The Kier molecular flexibility index (Phi) is 4.93. The Labute approximate surface area is 199 Å². The zero-order chi connectivity index (χ0) is 23.8. The first-order valence-corrected chi connectivity index (χ1v) is 13.4. The summed E-state index contributed by atoms with van der Waals surface area (Å²) in [5, 5.41) is 11.2. The van der Waals surface area contributed by atoms with E-state index in [-0.39, 0.29) is 15.9 Å². The Hall–Kier alpha value is -2.35. The van der Waals surface area contributed by atoms with Gasteiger partial charge in [-0.15, -0.1) is 10.2 Å². The normalized spacial score (nSPS) is 23.4. The van der Waals surface area contributed by atoms with Crippen LogP contribution in [0.15, 0.2) is 17.0 Å². The number of hydrogen-bond acceptors (Lipinski definition) is 9. The van der Waals surface area contributed by atoms with E-state index in [2.05, 4.69) is 35.1 Å². The molecule has 0 radical (unpaired) electrons. The minimum absolute atomic E-state index is 0.103. The molecule has 2 aliphatic heterocycles. The van der Waals surface area contributed by atoms with Crippen LogP contribution in [0.4, 0.5) is 14.5 Å². The molecule has 3 aliphatic rings. The zero-order valence-corrected chi connectivity index (χ0v) is 20.2. The predicted octanol–water partition coefficient (Wildman–Crippen LogP) is 2.78. The molecule has 4 heterocycles. The first kappa shape index (κ1) is 22.1. The molecule has 0 spiro atoms. The molecule has 1 saturated carbocycles. The van der Waals surface area contributed by atoms with E-state index in [4.69, 9.17) is 0 Å². The van der Waals surface area contributed by atoms with Gasteiger partial charge in [-0.3, -0.25) is 0 Å². The third kappa shape index (κ3) is 3.74. The molecule has 6 rings (SSSR count). The fourth-order valence-corrected chi connectivity index (χ4v) is 7.00. The Balaban J connectivity index is 1.58. The second kappa shape index (κ2) is 7.57. The summed E-state index contributed by atoms with van der Waals surface area (Å²) in [6.07, 6.45) is -0.214. The molecule has 2 aromatic heterocycles. The third-order valence-corrected chi connectivity index (χ3v) is 9.31. The Morgan fingerprint density at radius 1 is 1.26 bits per heavy atom. The van der Waals surface area contributed by atoms with Gasteiger partial charge in [0.2, 0.25) is 10.0 Å². The summed E-state index contributed by atoms with van der Waals surface area (Å²) in [5.74, 6) is 0.444. The molecule has 3 fully saturated rings. The van der Waals surface area contributed by atoms with Crippen molar-refractivity contribution in [1.82, 2.24) is 30.2 Å². The fourth-order valence-electron chi connectivity index (χ4n) is 4.78. The maximum Gasteiger partial charge on any atom is 0.291 e. The highest BCUT2D eigenvalue weighted by atomic mass is 32.2. The van der Waals surface area contributed by atoms with Gasteiger partial charge in [-0.25, -0.2) is 31.9 Å². The lowest BCUT2D eigenvalue weighted by molar-refractivity contribution is 0.150. The average molecular weight is 508 g/mol. The Bertz CT molecular complexity index is 1410. The van der Waals surface area contributed by atoms with E-state index in [0.29, 0.717) is 34.2 Å².